The van der Waals surface area contributed by atoms with Crippen LogP contribution >= 0.6 is 0 Å². The number of carbonyl (C=O) groups excluding carboxylic acids is 9. The highest BCUT2D eigenvalue weighted by molar-refractivity contribution is 5.99. The predicted molar refractivity (Wildman–Crippen MR) is 423 cm³/mol. The Hall–Kier alpha value is -9.75. The molecular formula is C84H124N8O18. The minimum atomic E-state index is -1.61. The van der Waals surface area contributed by atoms with Crippen LogP contribution in [0.25, 0.3) is 21.8 Å². The van der Waals surface area contributed by atoms with Crippen LogP contribution in [0.2, 0.25) is 0 Å². The molecule has 0 saturated carbocycles. The number of aliphatic carboxylic acids is 4. The van der Waals surface area contributed by atoms with Crippen molar-refractivity contribution in [2.75, 3.05) is 6.61 Å². The van der Waals surface area contributed by atoms with E-state index in [-0.39, 0.29) is 36.9 Å². The van der Waals surface area contributed by atoms with Crippen molar-refractivity contribution in [3.63, 3.8) is 0 Å². The Kier molecular flexibility index (Phi) is 47.8. The molecule has 0 radical (unpaired) electrons. The highest BCUT2D eigenvalue weighted by Crippen LogP contribution is 2.21. The van der Waals surface area contributed by atoms with Crippen molar-refractivity contribution in [1.29, 1.82) is 0 Å². The van der Waals surface area contributed by atoms with Crippen molar-refractivity contribution in [3.05, 3.63) is 102 Å². The predicted octanol–water partition coefficient (Wildman–Crippen LogP) is 13.4. The highest BCUT2D eigenvalue weighted by Gasteiger charge is 2.33. The number of nitrogens with one attached hydrogen (secondary N) is 8. The number of carboxylic acids is 4. The highest BCUT2D eigenvalue weighted by atomic mass is 16.5. The Morgan fingerprint density at radius 2 is 0.645 bits per heavy atom. The molecule has 0 spiro atoms. The molecule has 12 N–H and O–H groups in total. The number of hydrogen-bond donors (Lipinski definition) is 12. The number of H-pyrrole nitrogens is 2. The molecule has 3 aromatic carbocycles. The van der Waals surface area contributed by atoms with Gasteiger partial charge in [-0.3, -0.25) is 62.3 Å². The summed E-state index contributed by atoms with van der Waals surface area (Å²) in [5.74, 6) is -9.27. The number of amides is 6. The zero-order chi connectivity index (χ0) is 81.0. The number of aromatic amines is 2. The molecule has 0 aliphatic heterocycles. The van der Waals surface area contributed by atoms with E-state index in [1.54, 1.807) is 24.3 Å². The number of para-hydroxylation sites is 2. The van der Waals surface area contributed by atoms with Crippen molar-refractivity contribution >= 4 is 98.5 Å². The molecular weight excluding hydrogens is 1410 g/mol. The first-order chi connectivity index (χ1) is 52.7. The number of hydrogen-bond acceptors (Lipinski definition) is 14. The molecule has 2 aromatic heterocycles. The molecule has 0 aliphatic carbocycles. The molecule has 26 heteroatoms. The van der Waals surface area contributed by atoms with E-state index < -0.39 is 121 Å². The molecule has 6 amide bonds. The maximum Gasteiger partial charge on any atom is 0.305 e. The minimum Gasteiger partial charge on any atom is -0.494 e. The van der Waals surface area contributed by atoms with E-state index in [9.17, 15) is 67.4 Å². The van der Waals surface area contributed by atoms with Gasteiger partial charge in [-0.25, -0.2) is 0 Å². The molecule has 26 nitrogen and oxygen atoms in total. The Morgan fingerprint density at radius 1 is 0.345 bits per heavy atom. The van der Waals surface area contributed by atoms with E-state index in [1.807, 2.05) is 60.7 Å². The summed E-state index contributed by atoms with van der Waals surface area (Å²) in [6.07, 6.45) is 31.2. The average Bonchev–Trinajstić information content (AvgIpc) is 1.67. The van der Waals surface area contributed by atoms with Crippen LogP contribution in [-0.4, -0.2) is 150 Å². The van der Waals surface area contributed by atoms with Gasteiger partial charge < -0.3 is 67.0 Å². The van der Waals surface area contributed by atoms with Gasteiger partial charge in [-0.1, -0.05) is 218 Å². The lowest BCUT2D eigenvalue weighted by atomic mass is 10.0. The fraction of sp³-hybridized carbons (Fsp3) is 0.583. The second-order valence-electron chi connectivity index (χ2n) is 28.6. The summed E-state index contributed by atoms with van der Waals surface area (Å²) >= 11 is 0. The van der Waals surface area contributed by atoms with E-state index in [4.69, 9.17) is 20.1 Å². The summed E-state index contributed by atoms with van der Waals surface area (Å²) in [6, 6.07) is 18.3. The van der Waals surface area contributed by atoms with Gasteiger partial charge in [-0.2, -0.15) is 0 Å². The van der Waals surface area contributed by atoms with Gasteiger partial charge >= 0.3 is 23.9 Å². The second-order valence-corrected chi connectivity index (χ2v) is 28.6. The van der Waals surface area contributed by atoms with Crippen LogP contribution in [0.15, 0.2) is 84.9 Å². The van der Waals surface area contributed by atoms with Crippen molar-refractivity contribution in [2.45, 2.75) is 309 Å². The number of ether oxygens (including phenoxy) is 1. The lowest BCUT2D eigenvalue weighted by Crippen LogP contribution is -2.56. The summed E-state index contributed by atoms with van der Waals surface area (Å²) in [6.45, 7) is 10.9. The largest absolute Gasteiger partial charge is 0.494 e. The second kappa shape index (κ2) is 55.6. The first kappa shape index (κ1) is 94.5. The quantitative estimate of drug-likeness (QED) is 0.0161. The van der Waals surface area contributed by atoms with Gasteiger partial charge in [0.15, 0.2) is 17.3 Å². The number of ketones is 3. The normalized spacial score (nSPS) is 12.6. The average molecular weight is 1530 g/mol. The Balaban J connectivity index is 0.000000434. The maximum absolute atomic E-state index is 13.4. The summed E-state index contributed by atoms with van der Waals surface area (Å²) in [5.41, 5.74) is 3.51. The molecule has 6 atom stereocenters. The standard InChI is InChI=1S/C30H42N4O8.C30H45N3O5.C24H37NO5/c1-3-4-5-6-7-8-9-14-26(36)32-24(16-21-15-20-12-10-11-13-22(20)31-21)29(41)34-25(18-28(39)40)30(42)33-23(19(2)35)17-27(37)38;1-3-4-5-6-7-8-9-10-11-12-13-18-28(35)32-27(30(38)33-26(22(2)34)21-29(36)37)20-24-19-23-16-14-15-17-25(23)31-24;1-3-4-5-6-7-8-9-10-11-12-17-30-21-15-13-20(14-16-21)24(29)25-22(19(2)26)18-23(27)28/h10-13,15,23-25,31H,3-9,14,16-18H2,1-2H3,(H,32,36)(H,33,42)(H,34,41)(H,37,38)(H,39,40);14-17,19,26-27,31H,3-13,18,20-21H2,1-2H3,(H,32,35)(H,33,38)(H,36,37);13-16,22H,3-12,17-18H2,1-2H3,(H,25,29)(H,27,28). The van der Waals surface area contributed by atoms with E-state index >= 15 is 0 Å². The number of carboxylic acid groups (broad SMARTS) is 4. The third-order valence-electron chi connectivity index (χ3n) is 18.8. The monoisotopic (exact) mass is 1530 g/mol. The molecule has 0 bridgehead atoms. The molecule has 0 saturated heterocycles. The van der Waals surface area contributed by atoms with Crippen LogP contribution in [0.4, 0.5) is 0 Å². The van der Waals surface area contributed by atoms with Crippen LogP contribution < -0.4 is 36.6 Å². The first-order valence-electron chi connectivity index (χ1n) is 39.8. The number of rotatable bonds is 57. The summed E-state index contributed by atoms with van der Waals surface area (Å²) < 4.78 is 5.72. The van der Waals surface area contributed by atoms with E-state index in [0.717, 1.165) is 98.6 Å². The Morgan fingerprint density at radius 3 is 0.982 bits per heavy atom. The number of aromatic nitrogens is 2. The SMILES string of the molecule is CCCCCCCCCC(=O)NC(Cc1cc2ccccc2[nH]1)C(=O)NC(CC(=O)O)C(=O)NC(CC(=O)O)C(C)=O.CCCCCCCCCCCCCC(=O)NC(Cc1cc2ccccc2[nH]1)C(=O)NC(CC(=O)O)C(C)=O.CCCCCCCCCCCCOc1ccc(C(=O)NC(CC(=O)O)C(C)=O)cc1. The lowest BCUT2D eigenvalue weighted by Gasteiger charge is -2.23. The Labute approximate surface area is 648 Å². The van der Waals surface area contributed by atoms with Gasteiger partial charge in [0, 0.05) is 53.7 Å². The molecule has 110 heavy (non-hydrogen) atoms. The summed E-state index contributed by atoms with van der Waals surface area (Å²) in [5, 5.41) is 53.3. The topological polar surface area (TPSA) is 416 Å². The van der Waals surface area contributed by atoms with Gasteiger partial charge in [-0.05, 0) is 99.3 Å². The third kappa shape index (κ3) is 41.7. The summed E-state index contributed by atoms with van der Waals surface area (Å²) in [7, 11) is 0. The van der Waals surface area contributed by atoms with Crippen LogP contribution in [0.3, 0.4) is 0 Å². The van der Waals surface area contributed by atoms with Gasteiger partial charge in [0.2, 0.25) is 29.5 Å². The smallest absolute Gasteiger partial charge is 0.305 e. The first-order valence-corrected chi connectivity index (χ1v) is 39.8. The van der Waals surface area contributed by atoms with Gasteiger partial charge in [0.25, 0.3) is 5.91 Å². The number of carbonyl (C=O) groups is 13. The van der Waals surface area contributed by atoms with Gasteiger partial charge in [0.05, 0.1) is 50.4 Å². The molecule has 0 fully saturated rings. The molecule has 608 valence electrons. The zero-order valence-electron chi connectivity index (χ0n) is 65.7. The Bertz CT molecular complexity index is 3580. The number of unbranched alkanes of at least 4 members (excludes halogenated alkanes) is 25. The minimum absolute atomic E-state index is 0.0414. The van der Waals surface area contributed by atoms with Gasteiger partial charge in [-0.15, -0.1) is 0 Å². The molecule has 5 aromatic rings. The van der Waals surface area contributed by atoms with E-state index in [0.29, 0.717) is 36.5 Å². The number of benzene rings is 3. The molecule has 2 heterocycles. The van der Waals surface area contributed by atoms with Crippen molar-refractivity contribution in [3.8, 4) is 5.75 Å². The lowest BCUT2D eigenvalue weighted by molar-refractivity contribution is -0.143. The van der Waals surface area contributed by atoms with E-state index in [2.05, 4.69) is 62.6 Å². The van der Waals surface area contributed by atoms with E-state index in [1.165, 1.54) is 123 Å². The third-order valence-corrected chi connectivity index (χ3v) is 18.8. The fourth-order valence-corrected chi connectivity index (χ4v) is 12.4. The number of Topliss-reactive ketones (excluding diaryl/α,β-unsaturated/α-hetero) is 3. The van der Waals surface area contributed by atoms with Crippen molar-refractivity contribution in [1.82, 2.24) is 41.9 Å². The van der Waals surface area contributed by atoms with Crippen molar-refractivity contribution < 1.29 is 87.5 Å². The maximum atomic E-state index is 13.4. The van der Waals surface area contributed by atoms with Crippen molar-refractivity contribution in [2.24, 2.45) is 0 Å². The molecule has 0 aliphatic rings. The van der Waals surface area contributed by atoms with Crippen LogP contribution in [0.5, 0.6) is 5.75 Å². The van der Waals surface area contributed by atoms with Crippen LogP contribution in [0.1, 0.15) is 282 Å². The number of fused-ring (bicyclic) bond motifs is 2. The molecule has 5 rings (SSSR count). The van der Waals surface area contributed by atoms with Crippen LogP contribution in [-0.2, 0) is 70.4 Å². The van der Waals surface area contributed by atoms with Gasteiger partial charge in [0.1, 0.15) is 23.9 Å². The fourth-order valence-electron chi connectivity index (χ4n) is 12.4. The summed E-state index contributed by atoms with van der Waals surface area (Å²) in [4.78, 5) is 163. The zero-order valence-corrected chi connectivity index (χ0v) is 65.7. The van der Waals surface area contributed by atoms with Crippen LogP contribution in [0, 0.1) is 0 Å². The molecule has 6 unspecified atom stereocenters.